The van der Waals surface area contributed by atoms with Gasteiger partial charge in [-0.25, -0.2) is 13.2 Å². The molecule has 64 valence electrons. The van der Waals surface area contributed by atoms with Gasteiger partial charge in [0.1, 0.15) is 11.7 Å². The molecule has 0 aliphatic carbocycles. The lowest BCUT2D eigenvalue weighted by molar-refractivity contribution is 0.515. The fraction of sp³-hybridized carbons (Fsp3) is 0.500. The van der Waals surface area contributed by atoms with Crippen LogP contribution in [0.3, 0.4) is 0 Å². The molecule has 0 rings (SSSR count). The third-order valence-electron chi connectivity index (χ3n) is 1.39. The average Bonchev–Trinajstić information content (AvgIpc) is 2.00. The van der Waals surface area contributed by atoms with E-state index in [2.05, 4.69) is 0 Å². The summed E-state index contributed by atoms with van der Waals surface area (Å²) >= 11 is 0. The van der Waals surface area contributed by atoms with Gasteiger partial charge in [-0.1, -0.05) is 6.92 Å². The van der Waals surface area contributed by atoms with E-state index in [0.29, 0.717) is 0 Å². The smallest absolute Gasteiger partial charge is 0.160 e. The highest BCUT2D eigenvalue weighted by atomic mass is 19.2. The fourth-order valence-corrected chi connectivity index (χ4v) is 0.510. The zero-order chi connectivity index (χ0) is 9.02. The van der Waals surface area contributed by atoms with Crippen LogP contribution >= 0.6 is 0 Å². The SMILES string of the molecule is CC/C(F)=C(F)\C(C)=C(/C)F. The Morgan fingerprint density at radius 2 is 1.55 bits per heavy atom. The van der Waals surface area contributed by atoms with Crippen LogP contribution in [0.15, 0.2) is 23.1 Å². The van der Waals surface area contributed by atoms with Crippen molar-refractivity contribution < 1.29 is 13.2 Å². The van der Waals surface area contributed by atoms with E-state index in [1.165, 1.54) is 13.8 Å². The molecule has 0 bridgehead atoms. The van der Waals surface area contributed by atoms with Gasteiger partial charge in [-0.3, -0.25) is 0 Å². The molecule has 0 aliphatic rings. The second kappa shape index (κ2) is 4.21. The fourth-order valence-electron chi connectivity index (χ4n) is 0.510. The molecule has 0 N–H and O–H groups in total. The van der Waals surface area contributed by atoms with Crippen LogP contribution in [0.25, 0.3) is 0 Å². The predicted octanol–water partition coefficient (Wildman–Crippen LogP) is 3.81. The van der Waals surface area contributed by atoms with Gasteiger partial charge in [-0.05, 0) is 20.3 Å². The summed E-state index contributed by atoms with van der Waals surface area (Å²) in [6, 6.07) is 0. The molecule has 0 heterocycles. The molecule has 0 amide bonds. The van der Waals surface area contributed by atoms with Crippen molar-refractivity contribution >= 4 is 0 Å². The first kappa shape index (κ1) is 10.3. The van der Waals surface area contributed by atoms with Crippen LogP contribution in [-0.2, 0) is 0 Å². The van der Waals surface area contributed by atoms with Crippen molar-refractivity contribution in [1.82, 2.24) is 0 Å². The molecule has 0 aromatic rings. The molecule has 0 unspecified atom stereocenters. The largest absolute Gasteiger partial charge is 0.212 e. The van der Waals surface area contributed by atoms with Crippen LogP contribution < -0.4 is 0 Å². The van der Waals surface area contributed by atoms with Gasteiger partial charge < -0.3 is 0 Å². The lowest BCUT2D eigenvalue weighted by Crippen LogP contribution is -1.84. The Labute approximate surface area is 64.4 Å². The van der Waals surface area contributed by atoms with E-state index in [-0.39, 0.29) is 12.0 Å². The van der Waals surface area contributed by atoms with Gasteiger partial charge in [0.05, 0.1) is 0 Å². The van der Waals surface area contributed by atoms with Gasteiger partial charge in [0, 0.05) is 5.57 Å². The average molecular weight is 164 g/mol. The van der Waals surface area contributed by atoms with E-state index >= 15 is 0 Å². The molecule has 0 radical (unpaired) electrons. The van der Waals surface area contributed by atoms with Crippen molar-refractivity contribution in [3.05, 3.63) is 23.1 Å². The first-order valence-electron chi connectivity index (χ1n) is 3.38. The molecule has 0 aromatic carbocycles. The topological polar surface area (TPSA) is 0 Å². The van der Waals surface area contributed by atoms with Crippen molar-refractivity contribution in [2.45, 2.75) is 27.2 Å². The lowest BCUT2D eigenvalue weighted by atomic mass is 10.2. The predicted molar refractivity (Wildman–Crippen MR) is 39.0 cm³/mol. The van der Waals surface area contributed by atoms with Crippen LogP contribution in [-0.4, -0.2) is 0 Å². The van der Waals surface area contributed by atoms with Crippen molar-refractivity contribution in [2.75, 3.05) is 0 Å². The minimum Gasteiger partial charge on any atom is -0.212 e. The second-order valence-electron chi connectivity index (χ2n) is 2.23. The van der Waals surface area contributed by atoms with Crippen LogP contribution in [0, 0.1) is 0 Å². The van der Waals surface area contributed by atoms with Gasteiger partial charge in [0.15, 0.2) is 5.83 Å². The summed E-state index contributed by atoms with van der Waals surface area (Å²) in [5.41, 5.74) is -0.260. The molecule has 0 aromatic heterocycles. The van der Waals surface area contributed by atoms with Crippen LogP contribution in [0.2, 0.25) is 0 Å². The number of rotatable bonds is 2. The number of hydrogen-bond donors (Lipinski definition) is 0. The Morgan fingerprint density at radius 3 is 1.82 bits per heavy atom. The summed E-state index contributed by atoms with van der Waals surface area (Å²) in [5.74, 6) is -2.67. The van der Waals surface area contributed by atoms with E-state index in [0.717, 1.165) is 6.92 Å². The van der Waals surface area contributed by atoms with Crippen LogP contribution in [0.4, 0.5) is 13.2 Å². The highest BCUT2D eigenvalue weighted by Gasteiger charge is 2.08. The minimum absolute atomic E-state index is 0.0452. The summed E-state index contributed by atoms with van der Waals surface area (Å²) in [5, 5.41) is 0. The first-order valence-corrected chi connectivity index (χ1v) is 3.38. The highest BCUT2D eigenvalue weighted by Crippen LogP contribution is 2.22. The summed E-state index contributed by atoms with van der Waals surface area (Å²) in [6.45, 7) is 3.77. The molecular formula is C8H11F3. The molecule has 11 heavy (non-hydrogen) atoms. The summed E-state index contributed by atoms with van der Waals surface area (Å²) in [4.78, 5) is 0. The molecule has 3 heteroatoms. The molecule has 0 saturated carbocycles. The number of hydrogen-bond acceptors (Lipinski definition) is 0. The second-order valence-corrected chi connectivity index (χ2v) is 2.23. The van der Waals surface area contributed by atoms with Gasteiger partial charge >= 0.3 is 0 Å². The molecule has 0 aliphatic heterocycles. The Bertz CT molecular complexity index is 197. The molecule has 0 saturated heterocycles. The Morgan fingerprint density at radius 1 is 1.09 bits per heavy atom. The third-order valence-corrected chi connectivity index (χ3v) is 1.39. The third kappa shape index (κ3) is 2.78. The maximum absolute atomic E-state index is 12.6. The van der Waals surface area contributed by atoms with Gasteiger partial charge in [-0.15, -0.1) is 0 Å². The minimum atomic E-state index is -1.08. The zero-order valence-electron chi connectivity index (χ0n) is 6.84. The van der Waals surface area contributed by atoms with Crippen LogP contribution in [0.1, 0.15) is 27.2 Å². The number of allylic oxidation sites excluding steroid dienone is 4. The number of halogens is 3. The Hall–Kier alpha value is -0.730. The van der Waals surface area contributed by atoms with E-state index < -0.39 is 17.5 Å². The monoisotopic (exact) mass is 164 g/mol. The van der Waals surface area contributed by atoms with E-state index in [9.17, 15) is 13.2 Å². The maximum atomic E-state index is 12.6. The quantitative estimate of drug-likeness (QED) is 0.544. The maximum Gasteiger partial charge on any atom is 0.160 e. The van der Waals surface area contributed by atoms with Gasteiger partial charge in [0.25, 0.3) is 0 Å². The highest BCUT2D eigenvalue weighted by molar-refractivity contribution is 5.27. The van der Waals surface area contributed by atoms with Crippen molar-refractivity contribution in [1.29, 1.82) is 0 Å². The summed E-state index contributed by atoms with van der Waals surface area (Å²) in [7, 11) is 0. The summed E-state index contributed by atoms with van der Waals surface area (Å²) < 4.78 is 37.4. The van der Waals surface area contributed by atoms with E-state index in [1.807, 2.05) is 0 Å². The van der Waals surface area contributed by atoms with Gasteiger partial charge in [-0.2, -0.15) is 0 Å². The van der Waals surface area contributed by atoms with Crippen LogP contribution in [0.5, 0.6) is 0 Å². The molecule has 0 nitrogen and oxygen atoms in total. The standard InChI is InChI=1S/C8H11F3/c1-4-7(10)8(11)5(2)6(3)9/h4H2,1-3H3/b6-5+,8-7-. The van der Waals surface area contributed by atoms with Gasteiger partial charge in [0.2, 0.25) is 0 Å². The van der Waals surface area contributed by atoms with Crippen molar-refractivity contribution in [2.24, 2.45) is 0 Å². The normalized spacial score (nSPS) is 15.8. The van der Waals surface area contributed by atoms with Crippen molar-refractivity contribution in [3.8, 4) is 0 Å². The molecule has 0 spiro atoms. The Kier molecular flexibility index (Phi) is 3.93. The Balaban J connectivity index is 4.75. The van der Waals surface area contributed by atoms with Crippen molar-refractivity contribution in [3.63, 3.8) is 0 Å². The van der Waals surface area contributed by atoms with E-state index in [1.54, 1.807) is 0 Å². The molecule has 0 atom stereocenters. The first-order chi connectivity index (χ1) is 5.00. The summed E-state index contributed by atoms with van der Waals surface area (Å²) in [6.07, 6.45) is -0.0452. The van der Waals surface area contributed by atoms with E-state index in [4.69, 9.17) is 0 Å². The molecular weight excluding hydrogens is 153 g/mol. The zero-order valence-corrected chi connectivity index (χ0v) is 6.84. The lowest BCUT2D eigenvalue weighted by Gasteiger charge is -1.98. The molecule has 0 fully saturated rings.